The number of aliphatic hydroxyl groups is 1. The molecular weight excluding hydrogens is 393 g/mol. The standard InChI is InChI=1S/C22H27Cl2N3O/c23-19-7-6-18(12-20(19)24)14-25-8-10-27(11-9-25)21-15-26(16-22(21)28)13-17-4-2-1-3-5-17/h1-7,12,21-22,28H,8-11,13-16H2. The number of benzene rings is 2. The van der Waals surface area contributed by atoms with Crippen molar-refractivity contribution in [3.8, 4) is 0 Å². The van der Waals surface area contributed by atoms with Gasteiger partial charge in [0.1, 0.15) is 0 Å². The number of hydrogen-bond acceptors (Lipinski definition) is 4. The van der Waals surface area contributed by atoms with Gasteiger partial charge >= 0.3 is 0 Å². The fraction of sp³-hybridized carbons (Fsp3) is 0.455. The molecule has 0 spiro atoms. The molecule has 4 nitrogen and oxygen atoms in total. The van der Waals surface area contributed by atoms with Gasteiger partial charge in [-0.15, -0.1) is 0 Å². The smallest absolute Gasteiger partial charge is 0.0834 e. The number of β-amino-alcohol motifs (C(OH)–C–C–N with tert-alkyl or cyclic N) is 1. The molecule has 0 aliphatic carbocycles. The van der Waals surface area contributed by atoms with Gasteiger partial charge in [-0.3, -0.25) is 14.7 Å². The predicted octanol–water partition coefficient (Wildman–Crippen LogP) is 3.36. The maximum absolute atomic E-state index is 10.6. The van der Waals surface area contributed by atoms with Gasteiger partial charge in [0.05, 0.1) is 16.1 Å². The number of halogens is 2. The van der Waals surface area contributed by atoms with Crippen molar-refractivity contribution in [1.82, 2.24) is 14.7 Å². The van der Waals surface area contributed by atoms with E-state index in [0.717, 1.165) is 52.4 Å². The van der Waals surface area contributed by atoms with Crippen LogP contribution in [0.15, 0.2) is 48.5 Å². The average Bonchev–Trinajstić information content (AvgIpc) is 3.06. The second kappa shape index (κ2) is 9.12. The number of piperazine rings is 1. The molecule has 0 bridgehead atoms. The average molecular weight is 420 g/mol. The zero-order valence-corrected chi connectivity index (χ0v) is 17.5. The summed E-state index contributed by atoms with van der Waals surface area (Å²) in [6.07, 6.45) is -0.273. The van der Waals surface area contributed by atoms with Crippen LogP contribution in [0, 0.1) is 0 Å². The SMILES string of the molecule is OC1CN(Cc2ccccc2)CC1N1CCN(Cc2ccc(Cl)c(Cl)c2)CC1. The molecule has 0 amide bonds. The first-order valence-electron chi connectivity index (χ1n) is 9.93. The van der Waals surface area contributed by atoms with E-state index in [1.165, 1.54) is 11.1 Å². The minimum Gasteiger partial charge on any atom is -0.390 e. The number of rotatable bonds is 5. The second-order valence-corrected chi connectivity index (χ2v) is 8.69. The summed E-state index contributed by atoms with van der Waals surface area (Å²) < 4.78 is 0. The van der Waals surface area contributed by atoms with Crippen LogP contribution in [0.2, 0.25) is 10.0 Å². The molecule has 2 heterocycles. The summed E-state index contributed by atoms with van der Waals surface area (Å²) in [7, 11) is 0. The van der Waals surface area contributed by atoms with E-state index in [-0.39, 0.29) is 12.1 Å². The molecule has 2 aliphatic heterocycles. The highest BCUT2D eigenvalue weighted by molar-refractivity contribution is 6.42. The zero-order valence-electron chi connectivity index (χ0n) is 16.0. The molecule has 4 rings (SSSR count). The van der Waals surface area contributed by atoms with Gasteiger partial charge in [-0.1, -0.05) is 59.6 Å². The molecule has 150 valence electrons. The summed E-state index contributed by atoms with van der Waals surface area (Å²) in [6, 6.07) is 16.6. The Balaban J connectivity index is 1.28. The van der Waals surface area contributed by atoms with E-state index in [0.29, 0.717) is 10.0 Å². The number of nitrogens with zero attached hydrogens (tertiary/aromatic N) is 3. The third-order valence-electron chi connectivity index (χ3n) is 5.85. The largest absolute Gasteiger partial charge is 0.390 e. The molecule has 0 radical (unpaired) electrons. The Bertz CT molecular complexity index is 781. The summed E-state index contributed by atoms with van der Waals surface area (Å²) in [5.74, 6) is 0. The molecule has 0 aromatic heterocycles. The van der Waals surface area contributed by atoms with Crippen molar-refractivity contribution in [2.24, 2.45) is 0 Å². The van der Waals surface area contributed by atoms with Crippen LogP contribution >= 0.6 is 23.2 Å². The lowest BCUT2D eigenvalue weighted by atomic mass is 10.1. The van der Waals surface area contributed by atoms with Gasteiger partial charge in [0.2, 0.25) is 0 Å². The lowest BCUT2D eigenvalue weighted by Gasteiger charge is -2.39. The summed E-state index contributed by atoms with van der Waals surface area (Å²) >= 11 is 12.1. The Kier molecular flexibility index (Phi) is 6.56. The van der Waals surface area contributed by atoms with E-state index in [2.05, 4.69) is 39.0 Å². The highest BCUT2D eigenvalue weighted by Gasteiger charge is 2.36. The molecular formula is C22H27Cl2N3O. The quantitative estimate of drug-likeness (QED) is 0.804. The van der Waals surface area contributed by atoms with Crippen LogP contribution in [0.25, 0.3) is 0 Å². The first-order chi connectivity index (χ1) is 13.6. The molecule has 2 aromatic carbocycles. The fourth-order valence-corrected chi connectivity index (χ4v) is 4.65. The Hall–Kier alpha value is -1.14. The van der Waals surface area contributed by atoms with Crippen molar-refractivity contribution in [2.45, 2.75) is 25.2 Å². The zero-order chi connectivity index (χ0) is 19.5. The minimum absolute atomic E-state index is 0.232. The lowest BCUT2D eigenvalue weighted by molar-refractivity contribution is 0.0423. The Labute approximate surface area is 177 Å². The van der Waals surface area contributed by atoms with Crippen molar-refractivity contribution in [1.29, 1.82) is 0 Å². The molecule has 2 aromatic rings. The first-order valence-corrected chi connectivity index (χ1v) is 10.7. The van der Waals surface area contributed by atoms with Crippen LogP contribution in [-0.4, -0.2) is 71.2 Å². The van der Waals surface area contributed by atoms with Crippen molar-refractivity contribution < 1.29 is 5.11 Å². The van der Waals surface area contributed by atoms with Gasteiger partial charge in [-0.2, -0.15) is 0 Å². The highest BCUT2D eigenvalue weighted by Crippen LogP contribution is 2.24. The fourth-order valence-electron chi connectivity index (χ4n) is 4.33. The predicted molar refractivity (Wildman–Crippen MR) is 115 cm³/mol. The van der Waals surface area contributed by atoms with Gasteiger partial charge in [0.15, 0.2) is 0 Å². The van der Waals surface area contributed by atoms with E-state index < -0.39 is 0 Å². The van der Waals surface area contributed by atoms with Crippen LogP contribution in [0.1, 0.15) is 11.1 Å². The summed E-state index contributed by atoms with van der Waals surface area (Å²) in [5, 5.41) is 11.8. The maximum atomic E-state index is 10.6. The maximum Gasteiger partial charge on any atom is 0.0834 e. The molecule has 28 heavy (non-hydrogen) atoms. The van der Waals surface area contributed by atoms with E-state index in [1.807, 2.05) is 24.3 Å². The molecule has 6 heteroatoms. The van der Waals surface area contributed by atoms with Gasteiger partial charge in [-0.25, -0.2) is 0 Å². The first kappa shape index (κ1) is 20.1. The van der Waals surface area contributed by atoms with Crippen LogP contribution < -0.4 is 0 Å². The van der Waals surface area contributed by atoms with Crippen LogP contribution in [0.5, 0.6) is 0 Å². The van der Waals surface area contributed by atoms with Gasteiger partial charge in [0, 0.05) is 58.4 Å². The Morgan fingerprint density at radius 3 is 2.21 bits per heavy atom. The van der Waals surface area contributed by atoms with Gasteiger partial charge in [0.25, 0.3) is 0 Å². The van der Waals surface area contributed by atoms with E-state index >= 15 is 0 Å². The molecule has 1 N–H and O–H groups in total. The number of hydrogen-bond donors (Lipinski definition) is 1. The van der Waals surface area contributed by atoms with Crippen LogP contribution in [0.3, 0.4) is 0 Å². The lowest BCUT2D eigenvalue weighted by Crippen LogP contribution is -2.53. The molecule has 2 aliphatic rings. The molecule has 2 unspecified atom stereocenters. The van der Waals surface area contributed by atoms with Crippen LogP contribution in [-0.2, 0) is 13.1 Å². The summed E-state index contributed by atoms with van der Waals surface area (Å²) in [5.41, 5.74) is 2.50. The van der Waals surface area contributed by atoms with E-state index in [9.17, 15) is 5.11 Å². The van der Waals surface area contributed by atoms with E-state index in [1.54, 1.807) is 0 Å². The van der Waals surface area contributed by atoms with Gasteiger partial charge in [-0.05, 0) is 23.3 Å². The molecule has 2 saturated heterocycles. The Morgan fingerprint density at radius 1 is 0.786 bits per heavy atom. The third-order valence-corrected chi connectivity index (χ3v) is 6.59. The third kappa shape index (κ3) is 4.88. The van der Waals surface area contributed by atoms with Crippen molar-refractivity contribution >= 4 is 23.2 Å². The van der Waals surface area contributed by atoms with Crippen molar-refractivity contribution in [3.63, 3.8) is 0 Å². The normalized spacial score (nSPS) is 24.7. The number of likely N-dealkylation sites (tertiary alicyclic amines) is 1. The highest BCUT2D eigenvalue weighted by atomic mass is 35.5. The topological polar surface area (TPSA) is 30.0 Å². The van der Waals surface area contributed by atoms with Crippen molar-refractivity contribution in [3.05, 3.63) is 69.7 Å². The number of aliphatic hydroxyl groups excluding tert-OH is 1. The minimum atomic E-state index is -0.273. The van der Waals surface area contributed by atoms with Crippen LogP contribution in [0.4, 0.5) is 0 Å². The molecule has 2 fully saturated rings. The van der Waals surface area contributed by atoms with Gasteiger partial charge < -0.3 is 5.11 Å². The molecule has 2 atom stereocenters. The summed E-state index contributed by atoms with van der Waals surface area (Å²) in [4.78, 5) is 7.27. The summed E-state index contributed by atoms with van der Waals surface area (Å²) in [6.45, 7) is 7.46. The van der Waals surface area contributed by atoms with Crippen molar-refractivity contribution in [2.75, 3.05) is 39.3 Å². The second-order valence-electron chi connectivity index (χ2n) is 7.87. The Morgan fingerprint density at radius 2 is 1.50 bits per heavy atom. The monoisotopic (exact) mass is 419 g/mol. The van der Waals surface area contributed by atoms with E-state index in [4.69, 9.17) is 23.2 Å². The molecule has 0 saturated carbocycles.